The van der Waals surface area contributed by atoms with Gasteiger partial charge in [0.1, 0.15) is 17.7 Å². The van der Waals surface area contributed by atoms with Crippen molar-refractivity contribution in [2.75, 3.05) is 36.0 Å². The topological polar surface area (TPSA) is 70.6 Å². The van der Waals surface area contributed by atoms with E-state index in [4.69, 9.17) is 4.74 Å². The summed E-state index contributed by atoms with van der Waals surface area (Å²) in [5.74, 6) is -0.895. The lowest BCUT2D eigenvalue weighted by Crippen LogP contribution is -2.28. The first-order valence-electron chi connectivity index (χ1n) is 10.5. The summed E-state index contributed by atoms with van der Waals surface area (Å²) >= 11 is 0. The molecular formula is C22H27F2N5O2. The Morgan fingerprint density at radius 1 is 1.23 bits per heavy atom. The van der Waals surface area contributed by atoms with E-state index in [9.17, 15) is 13.6 Å². The summed E-state index contributed by atoms with van der Waals surface area (Å²) in [4.78, 5) is 23.5. The molecule has 166 valence electrons. The molecule has 4 rings (SSSR count). The van der Waals surface area contributed by atoms with Crippen molar-refractivity contribution in [3.05, 3.63) is 42.1 Å². The zero-order valence-corrected chi connectivity index (χ0v) is 17.7. The van der Waals surface area contributed by atoms with Crippen LogP contribution >= 0.6 is 0 Å². The van der Waals surface area contributed by atoms with Crippen molar-refractivity contribution in [3.63, 3.8) is 0 Å². The van der Waals surface area contributed by atoms with E-state index < -0.39 is 5.92 Å². The quantitative estimate of drug-likeness (QED) is 0.758. The van der Waals surface area contributed by atoms with Gasteiger partial charge in [0, 0.05) is 39.1 Å². The highest BCUT2D eigenvalue weighted by Gasteiger charge is 2.39. The Balaban J connectivity index is 1.35. The molecule has 1 N–H and O–H groups in total. The number of ether oxygens (including phenoxy) is 1. The Kier molecular flexibility index (Phi) is 5.93. The van der Waals surface area contributed by atoms with E-state index in [0.717, 1.165) is 30.1 Å². The lowest BCUT2D eigenvalue weighted by atomic mass is 10.1. The smallest absolute Gasteiger partial charge is 0.267 e. The molecule has 2 saturated heterocycles. The number of alkyl halides is 2. The maximum Gasteiger partial charge on any atom is 0.267 e. The molecule has 2 atom stereocenters. The molecule has 1 amide bonds. The molecule has 0 radical (unpaired) electrons. The lowest BCUT2D eigenvalue weighted by molar-refractivity contribution is -0.119. The van der Waals surface area contributed by atoms with Gasteiger partial charge in [-0.1, -0.05) is 12.1 Å². The zero-order chi connectivity index (χ0) is 22.0. The molecule has 1 aromatic carbocycles. The highest BCUT2D eigenvalue weighted by molar-refractivity contribution is 5.73. The lowest BCUT2D eigenvalue weighted by Gasteiger charge is -2.21. The van der Waals surface area contributed by atoms with Gasteiger partial charge in [-0.05, 0) is 30.7 Å². The fraction of sp³-hybridized carbons (Fsp3) is 0.500. The van der Waals surface area contributed by atoms with Crippen LogP contribution in [0, 0.1) is 0 Å². The maximum atomic E-state index is 13.5. The van der Waals surface area contributed by atoms with Gasteiger partial charge in [0.2, 0.25) is 11.9 Å². The van der Waals surface area contributed by atoms with Crippen LogP contribution in [0.1, 0.15) is 38.3 Å². The summed E-state index contributed by atoms with van der Waals surface area (Å²) < 4.78 is 33.2. The first kappa shape index (κ1) is 21.3. The van der Waals surface area contributed by atoms with Crippen molar-refractivity contribution in [1.29, 1.82) is 0 Å². The highest BCUT2D eigenvalue weighted by Crippen LogP contribution is 2.30. The first-order valence-corrected chi connectivity index (χ1v) is 10.5. The third kappa shape index (κ3) is 5.21. The molecule has 2 aromatic rings. The van der Waals surface area contributed by atoms with Gasteiger partial charge in [-0.15, -0.1) is 0 Å². The van der Waals surface area contributed by atoms with Crippen molar-refractivity contribution < 1.29 is 18.3 Å². The first-order chi connectivity index (χ1) is 14.8. The summed E-state index contributed by atoms with van der Waals surface area (Å²) in [5.41, 5.74) is 1.01. The summed E-state index contributed by atoms with van der Waals surface area (Å²) in [5, 5.41) is 2.86. The molecule has 7 nitrogen and oxygen atoms in total. The number of nitrogens with one attached hydrogen (secondary N) is 1. The molecule has 2 aliphatic rings. The van der Waals surface area contributed by atoms with Crippen molar-refractivity contribution in [2.24, 2.45) is 0 Å². The van der Waals surface area contributed by atoms with Crippen LogP contribution in [0.5, 0.6) is 5.75 Å². The molecule has 0 saturated carbocycles. The van der Waals surface area contributed by atoms with Crippen LogP contribution in [-0.2, 0) is 4.79 Å². The third-order valence-corrected chi connectivity index (χ3v) is 5.65. The van der Waals surface area contributed by atoms with Gasteiger partial charge in [-0.3, -0.25) is 4.79 Å². The van der Waals surface area contributed by atoms with E-state index in [1.807, 2.05) is 31.2 Å². The summed E-state index contributed by atoms with van der Waals surface area (Å²) in [6.45, 7) is 4.80. The van der Waals surface area contributed by atoms with Gasteiger partial charge in [0.05, 0.1) is 19.1 Å². The Labute approximate surface area is 180 Å². The zero-order valence-electron chi connectivity index (χ0n) is 17.7. The number of carbonyl (C=O) groups excluding carboxylic acids is 1. The van der Waals surface area contributed by atoms with Crippen molar-refractivity contribution in [1.82, 2.24) is 15.3 Å². The molecular weight excluding hydrogens is 404 g/mol. The molecule has 1 aromatic heterocycles. The molecule has 2 fully saturated rings. The van der Waals surface area contributed by atoms with Gasteiger partial charge < -0.3 is 19.9 Å². The van der Waals surface area contributed by atoms with Gasteiger partial charge in [-0.2, -0.15) is 4.98 Å². The second-order valence-electron chi connectivity index (χ2n) is 8.21. The van der Waals surface area contributed by atoms with Crippen LogP contribution < -0.4 is 19.9 Å². The summed E-state index contributed by atoms with van der Waals surface area (Å²) in [7, 11) is 0. The number of halogens is 2. The Morgan fingerprint density at radius 2 is 2.00 bits per heavy atom. The summed E-state index contributed by atoms with van der Waals surface area (Å²) in [6, 6.07) is 9.46. The maximum absolute atomic E-state index is 13.5. The number of rotatable bonds is 6. The molecule has 0 unspecified atom stereocenters. The van der Waals surface area contributed by atoms with E-state index in [-0.39, 0.29) is 37.6 Å². The summed E-state index contributed by atoms with van der Waals surface area (Å²) in [6.07, 6.45) is 2.30. The fourth-order valence-electron chi connectivity index (χ4n) is 4.02. The van der Waals surface area contributed by atoms with Crippen LogP contribution in [-0.4, -0.2) is 54.1 Å². The molecule has 0 spiro atoms. The number of aromatic nitrogens is 2. The largest absolute Gasteiger partial charge is 0.489 e. The number of amides is 1. The van der Waals surface area contributed by atoms with Gasteiger partial charge in [-0.25, -0.2) is 13.8 Å². The van der Waals surface area contributed by atoms with Crippen LogP contribution in [0.3, 0.4) is 0 Å². The second kappa shape index (κ2) is 8.64. The van der Waals surface area contributed by atoms with Crippen molar-refractivity contribution >= 4 is 17.7 Å². The highest BCUT2D eigenvalue weighted by atomic mass is 19.3. The van der Waals surface area contributed by atoms with E-state index in [2.05, 4.69) is 20.2 Å². The molecule has 2 aliphatic heterocycles. The average Bonchev–Trinajstić information content (AvgIpc) is 3.34. The minimum Gasteiger partial charge on any atom is -0.489 e. The molecule has 3 heterocycles. The van der Waals surface area contributed by atoms with E-state index >= 15 is 0 Å². The SMILES string of the molecule is CC(=O)N[C@@H](C)c1ccc(O[C@@H]2CCN(c3ccnc(N4CCC(F)(F)C4)n3)C2)cc1. The number of hydrogen-bond donors (Lipinski definition) is 1. The van der Waals surface area contributed by atoms with Crippen molar-refractivity contribution in [2.45, 2.75) is 44.8 Å². The molecule has 31 heavy (non-hydrogen) atoms. The number of hydrogen-bond acceptors (Lipinski definition) is 6. The van der Waals surface area contributed by atoms with Crippen LogP contribution in [0.15, 0.2) is 36.5 Å². The molecule has 9 heteroatoms. The van der Waals surface area contributed by atoms with Crippen LogP contribution in [0.4, 0.5) is 20.5 Å². The Morgan fingerprint density at radius 3 is 2.68 bits per heavy atom. The molecule has 0 aliphatic carbocycles. The number of nitrogens with zero attached hydrogens (tertiary/aromatic N) is 4. The second-order valence-corrected chi connectivity index (χ2v) is 8.21. The Hall–Kier alpha value is -2.97. The van der Waals surface area contributed by atoms with E-state index in [0.29, 0.717) is 12.5 Å². The number of carbonyl (C=O) groups is 1. The van der Waals surface area contributed by atoms with E-state index in [1.54, 1.807) is 12.3 Å². The van der Waals surface area contributed by atoms with Gasteiger partial charge in [0.25, 0.3) is 5.92 Å². The van der Waals surface area contributed by atoms with Crippen molar-refractivity contribution in [3.8, 4) is 5.75 Å². The van der Waals surface area contributed by atoms with Crippen LogP contribution in [0.2, 0.25) is 0 Å². The fourth-order valence-corrected chi connectivity index (χ4v) is 4.02. The third-order valence-electron chi connectivity index (χ3n) is 5.65. The standard InChI is InChI=1S/C22H27F2N5O2/c1-15(26-16(2)30)17-3-5-18(6-4-17)31-19-8-11-28(13-19)20-7-10-25-21(27-20)29-12-9-22(23,24)14-29/h3-7,10,15,19H,8-9,11-14H2,1-2H3,(H,26,30)/t15-,19+/m0/s1. The van der Waals surface area contributed by atoms with Gasteiger partial charge in [0.15, 0.2) is 0 Å². The normalized spacial score (nSPS) is 21.2. The minimum absolute atomic E-state index is 0.00755. The Bertz CT molecular complexity index is 924. The number of anilines is 2. The predicted octanol–water partition coefficient (Wildman–Crippen LogP) is 3.18. The number of benzene rings is 1. The monoisotopic (exact) mass is 431 g/mol. The average molecular weight is 431 g/mol. The van der Waals surface area contributed by atoms with Gasteiger partial charge >= 0.3 is 0 Å². The predicted molar refractivity (Wildman–Crippen MR) is 114 cm³/mol. The molecule has 0 bridgehead atoms. The van der Waals surface area contributed by atoms with Crippen LogP contribution in [0.25, 0.3) is 0 Å². The minimum atomic E-state index is -2.68. The van der Waals surface area contributed by atoms with E-state index in [1.165, 1.54) is 11.8 Å².